The van der Waals surface area contributed by atoms with E-state index in [1.165, 1.54) is 0 Å². The van der Waals surface area contributed by atoms with Gasteiger partial charge in [-0.1, -0.05) is 24.3 Å². The Hall–Kier alpha value is -3.42. The number of hydrogen-bond acceptors (Lipinski definition) is 5. The molecule has 0 aliphatic carbocycles. The number of imidazole rings is 1. The summed E-state index contributed by atoms with van der Waals surface area (Å²) >= 11 is 0. The average molecular weight is 445 g/mol. The third-order valence-corrected chi connectivity index (χ3v) is 6.24. The van der Waals surface area contributed by atoms with Crippen LogP contribution in [0.1, 0.15) is 24.2 Å². The number of amides is 1. The molecule has 0 bridgehead atoms. The Morgan fingerprint density at radius 1 is 1.12 bits per heavy atom. The summed E-state index contributed by atoms with van der Waals surface area (Å²) in [5.74, 6) is 1.42. The number of anilines is 1. The van der Waals surface area contributed by atoms with Gasteiger partial charge in [0.05, 0.1) is 43.8 Å². The number of nitrogens with one attached hydrogen (secondary N) is 2. The van der Waals surface area contributed by atoms with Gasteiger partial charge in [-0.3, -0.25) is 9.69 Å². The van der Waals surface area contributed by atoms with Crippen LogP contribution in [0.2, 0.25) is 0 Å². The maximum absolute atomic E-state index is 13.0. The van der Waals surface area contributed by atoms with Crippen LogP contribution in [-0.2, 0) is 16.1 Å². The number of fused-ring (bicyclic) bond motifs is 2. The molecule has 0 unspecified atom stereocenters. The second-order valence-electron chi connectivity index (χ2n) is 8.49. The molecule has 1 aliphatic heterocycles. The van der Waals surface area contributed by atoms with E-state index >= 15 is 0 Å². The van der Waals surface area contributed by atoms with Crippen molar-refractivity contribution in [3.63, 3.8) is 0 Å². The van der Waals surface area contributed by atoms with Crippen LogP contribution in [0.3, 0.4) is 0 Å². The lowest BCUT2D eigenvalue weighted by Crippen LogP contribution is -2.35. The van der Waals surface area contributed by atoms with Gasteiger partial charge in [-0.2, -0.15) is 0 Å². The zero-order valence-electron chi connectivity index (χ0n) is 18.9. The van der Waals surface area contributed by atoms with E-state index in [1.807, 2.05) is 55.5 Å². The van der Waals surface area contributed by atoms with Crippen molar-refractivity contribution in [1.82, 2.24) is 14.9 Å². The van der Waals surface area contributed by atoms with E-state index in [-0.39, 0.29) is 11.8 Å². The van der Waals surface area contributed by atoms with Gasteiger partial charge in [0, 0.05) is 18.8 Å². The molecule has 1 aliphatic rings. The maximum Gasteiger partial charge on any atom is 0.231 e. The topological polar surface area (TPSA) is 79.5 Å². The number of aromatic amines is 1. The molecule has 4 aromatic rings. The predicted molar refractivity (Wildman–Crippen MR) is 130 cm³/mol. The Labute approximate surface area is 192 Å². The van der Waals surface area contributed by atoms with E-state index < -0.39 is 0 Å². The summed E-state index contributed by atoms with van der Waals surface area (Å²) in [6, 6.07) is 17.8. The predicted octanol–water partition coefficient (Wildman–Crippen LogP) is 4.30. The molecular weight excluding hydrogens is 416 g/mol. The molecular formula is C26H28N4O3. The van der Waals surface area contributed by atoms with E-state index in [4.69, 9.17) is 14.5 Å². The minimum atomic E-state index is -0.286. The molecule has 1 saturated heterocycles. The van der Waals surface area contributed by atoms with Crippen molar-refractivity contribution in [2.24, 2.45) is 0 Å². The highest BCUT2D eigenvalue weighted by molar-refractivity contribution is 5.98. The summed E-state index contributed by atoms with van der Waals surface area (Å²) < 4.78 is 10.7. The molecule has 2 heterocycles. The van der Waals surface area contributed by atoms with Gasteiger partial charge >= 0.3 is 0 Å². The van der Waals surface area contributed by atoms with E-state index in [0.29, 0.717) is 0 Å². The number of rotatable bonds is 6. The summed E-state index contributed by atoms with van der Waals surface area (Å²) in [5, 5.41) is 5.22. The zero-order valence-corrected chi connectivity index (χ0v) is 18.9. The second kappa shape index (κ2) is 9.21. The standard InChI is InChI=1S/C26H28N4O3/c1-17(18-3-4-20-14-22(32-2)7-5-19(20)13-18)26(31)27-21-6-8-23-24(15-21)29-25(28-23)16-30-9-11-33-12-10-30/h3-8,13-15,17H,9-12,16H2,1-2H3,(H,27,31)(H,28,29)/t17-/m0/s1. The number of benzene rings is 3. The first-order chi connectivity index (χ1) is 16.1. The highest BCUT2D eigenvalue weighted by atomic mass is 16.5. The second-order valence-corrected chi connectivity index (χ2v) is 8.49. The Morgan fingerprint density at radius 3 is 2.73 bits per heavy atom. The first-order valence-corrected chi connectivity index (χ1v) is 11.3. The molecule has 5 rings (SSSR count). The van der Waals surface area contributed by atoms with E-state index in [2.05, 4.69) is 21.3 Å². The van der Waals surface area contributed by atoms with Crippen molar-refractivity contribution in [2.75, 3.05) is 38.7 Å². The van der Waals surface area contributed by atoms with Gasteiger partial charge in [-0.25, -0.2) is 4.98 Å². The summed E-state index contributed by atoms with van der Waals surface area (Å²) in [5.41, 5.74) is 3.55. The SMILES string of the molecule is COc1ccc2cc([C@H](C)C(=O)Nc3ccc4nc(CN5CCOCC5)[nH]c4c3)ccc2c1. The minimum Gasteiger partial charge on any atom is -0.497 e. The van der Waals surface area contributed by atoms with Gasteiger partial charge in [-0.15, -0.1) is 0 Å². The van der Waals surface area contributed by atoms with Crippen molar-refractivity contribution < 1.29 is 14.3 Å². The third-order valence-electron chi connectivity index (χ3n) is 6.24. The fourth-order valence-corrected chi connectivity index (χ4v) is 4.23. The minimum absolute atomic E-state index is 0.0460. The fourth-order valence-electron chi connectivity index (χ4n) is 4.23. The van der Waals surface area contributed by atoms with Crippen LogP contribution >= 0.6 is 0 Å². The molecule has 0 radical (unpaired) electrons. The zero-order chi connectivity index (χ0) is 22.8. The van der Waals surface area contributed by atoms with Crippen molar-refractivity contribution in [3.8, 4) is 5.75 Å². The van der Waals surface area contributed by atoms with Crippen molar-refractivity contribution in [3.05, 3.63) is 66.0 Å². The molecule has 1 atom stereocenters. The highest BCUT2D eigenvalue weighted by Crippen LogP contribution is 2.26. The summed E-state index contributed by atoms with van der Waals surface area (Å²) in [6.07, 6.45) is 0. The number of morpholine rings is 1. The fraction of sp³-hybridized carbons (Fsp3) is 0.308. The van der Waals surface area contributed by atoms with Crippen LogP contribution in [-0.4, -0.2) is 54.2 Å². The largest absolute Gasteiger partial charge is 0.497 e. The number of methoxy groups -OCH3 is 1. The van der Waals surface area contributed by atoms with Gasteiger partial charge in [0.25, 0.3) is 0 Å². The number of carbonyl (C=O) groups is 1. The smallest absolute Gasteiger partial charge is 0.231 e. The molecule has 3 aromatic carbocycles. The summed E-state index contributed by atoms with van der Waals surface area (Å²) in [6.45, 7) is 6.05. The van der Waals surface area contributed by atoms with Crippen molar-refractivity contribution in [1.29, 1.82) is 0 Å². The Balaban J connectivity index is 1.29. The number of aromatic nitrogens is 2. The number of hydrogen-bond donors (Lipinski definition) is 2. The quantitative estimate of drug-likeness (QED) is 0.464. The van der Waals surface area contributed by atoms with Gasteiger partial charge < -0.3 is 19.8 Å². The molecule has 1 fully saturated rings. The van der Waals surface area contributed by atoms with Gasteiger partial charge in [-0.05, 0) is 53.6 Å². The molecule has 7 nitrogen and oxygen atoms in total. The Bertz CT molecular complexity index is 1290. The molecule has 0 saturated carbocycles. The van der Waals surface area contributed by atoms with E-state index in [1.54, 1.807) is 7.11 Å². The van der Waals surface area contributed by atoms with Crippen LogP contribution in [0, 0.1) is 0 Å². The van der Waals surface area contributed by atoms with Gasteiger partial charge in [0.2, 0.25) is 5.91 Å². The molecule has 2 N–H and O–H groups in total. The highest BCUT2D eigenvalue weighted by Gasteiger charge is 2.17. The van der Waals surface area contributed by atoms with Gasteiger partial charge in [0.15, 0.2) is 0 Å². The first kappa shape index (κ1) is 21.4. The van der Waals surface area contributed by atoms with Crippen LogP contribution < -0.4 is 10.1 Å². The monoisotopic (exact) mass is 444 g/mol. The lowest BCUT2D eigenvalue weighted by Gasteiger charge is -2.25. The van der Waals surface area contributed by atoms with E-state index in [9.17, 15) is 4.79 Å². The van der Waals surface area contributed by atoms with E-state index in [0.717, 1.165) is 77.5 Å². The summed E-state index contributed by atoms with van der Waals surface area (Å²) in [7, 11) is 1.66. The van der Waals surface area contributed by atoms with Gasteiger partial charge in [0.1, 0.15) is 11.6 Å². The maximum atomic E-state index is 13.0. The van der Waals surface area contributed by atoms with Crippen LogP contribution in [0.5, 0.6) is 5.75 Å². The summed E-state index contributed by atoms with van der Waals surface area (Å²) in [4.78, 5) is 23.4. The van der Waals surface area contributed by atoms with Crippen LogP contribution in [0.25, 0.3) is 21.8 Å². The average Bonchev–Trinajstić information content (AvgIpc) is 3.25. The van der Waals surface area contributed by atoms with Crippen molar-refractivity contribution in [2.45, 2.75) is 19.4 Å². The first-order valence-electron chi connectivity index (χ1n) is 11.3. The van der Waals surface area contributed by atoms with Crippen molar-refractivity contribution >= 4 is 33.4 Å². The molecule has 170 valence electrons. The molecule has 0 spiro atoms. The van der Waals surface area contributed by atoms with Crippen LogP contribution in [0.15, 0.2) is 54.6 Å². The normalized spacial score (nSPS) is 15.6. The molecule has 33 heavy (non-hydrogen) atoms. The Kier molecular flexibility index (Phi) is 5.98. The molecule has 7 heteroatoms. The van der Waals surface area contributed by atoms with Crippen LogP contribution in [0.4, 0.5) is 5.69 Å². The number of carbonyl (C=O) groups excluding carboxylic acids is 1. The lowest BCUT2D eigenvalue weighted by atomic mass is 9.97. The molecule has 1 aromatic heterocycles. The lowest BCUT2D eigenvalue weighted by molar-refractivity contribution is -0.117. The molecule has 1 amide bonds. The number of ether oxygens (including phenoxy) is 2. The number of H-pyrrole nitrogens is 1. The third kappa shape index (κ3) is 4.69. The Morgan fingerprint density at radius 2 is 1.91 bits per heavy atom. The number of nitrogens with zero attached hydrogens (tertiary/aromatic N) is 2.